The van der Waals surface area contributed by atoms with Gasteiger partial charge in [-0.05, 0) is 57.2 Å². The number of benzene rings is 1. The van der Waals surface area contributed by atoms with Crippen LogP contribution in [0.15, 0.2) is 18.2 Å². The predicted octanol–water partition coefficient (Wildman–Crippen LogP) is 3.29. The number of hydrogen-bond donors (Lipinski definition) is 2. The molecular weight excluding hydrogens is 270 g/mol. The van der Waals surface area contributed by atoms with Crippen molar-refractivity contribution in [2.45, 2.75) is 51.7 Å². The molecule has 1 aliphatic rings. The molecule has 5 nitrogen and oxygen atoms in total. The van der Waals surface area contributed by atoms with Gasteiger partial charge < -0.3 is 15.2 Å². The van der Waals surface area contributed by atoms with Gasteiger partial charge in [-0.15, -0.1) is 0 Å². The molecule has 1 atom stereocenters. The molecule has 0 unspecified atom stereocenters. The Morgan fingerprint density at radius 1 is 1.33 bits per heavy atom. The van der Waals surface area contributed by atoms with E-state index >= 15 is 0 Å². The van der Waals surface area contributed by atoms with Gasteiger partial charge in [0.2, 0.25) is 0 Å². The van der Waals surface area contributed by atoms with Crippen LogP contribution < -0.4 is 5.32 Å². The van der Waals surface area contributed by atoms with Crippen LogP contribution in [0.5, 0.6) is 0 Å². The zero-order chi connectivity index (χ0) is 15.6. The summed E-state index contributed by atoms with van der Waals surface area (Å²) in [5.74, 6) is -0.926. The minimum absolute atomic E-state index is 0.192. The number of nitrogens with one attached hydrogen (secondary N) is 1. The van der Waals surface area contributed by atoms with E-state index in [1.54, 1.807) is 12.1 Å². The molecule has 1 aromatic carbocycles. The molecule has 0 saturated carbocycles. The van der Waals surface area contributed by atoms with Crippen molar-refractivity contribution in [1.29, 1.82) is 0 Å². The second kappa shape index (κ2) is 5.76. The number of amides is 1. The van der Waals surface area contributed by atoms with Crippen LogP contribution in [0.3, 0.4) is 0 Å². The summed E-state index contributed by atoms with van der Waals surface area (Å²) in [7, 11) is 0. The van der Waals surface area contributed by atoms with Gasteiger partial charge in [0.15, 0.2) is 0 Å². The van der Waals surface area contributed by atoms with E-state index < -0.39 is 17.7 Å². The average molecular weight is 291 g/mol. The predicted molar refractivity (Wildman–Crippen MR) is 78.5 cm³/mol. The second-order valence-corrected chi connectivity index (χ2v) is 6.27. The highest BCUT2D eigenvalue weighted by molar-refractivity contribution is 5.90. The van der Waals surface area contributed by atoms with Gasteiger partial charge in [-0.3, -0.25) is 0 Å². The monoisotopic (exact) mass is 291 g/mol. The lowest BCUT2D eigenvalue weighted by molar-refractivity contribution is 0.0498. The van der Waals surface area contributed by atoms with Crippen LogP contribution in [0, 0.1) is 0 Å². The van der Waals surface area contributed by atoms with Gasteiger partial charge in [-0.25, -0.2) is 9.59 Å². The largest absolute Gasteiger partial charge is 0.478 e. The van der Waals surface area contributed by atoms with E-state index in [0.717, 1.165) is 30.4 Å². The maximum absolute atomic E-state index is 11.9. The Kier molecular flexibility index (Phi) is 4.21. The van der Waals surface area contributed by atoms with E-state index in [2.05, 4.69) is 5.32 Å². The summed E-state index contributed by atoms with van der Waals surface area (Å²) in [6.45, 7) is 5.43. The van der Waals surface area contributed by atoms with Crippen molar-refractivity contribution in [2.75, 3.05) is 0 Å². The quantitative estimate of drug-likeness (QED) is 0.876. The van der Waals surface area contributed by atoms with Crippen LogP contribution in [0.2, 0.25) is 0 Å². The SMILES string of the molecule is CC(C)(C)OC(=O)N[C@@H]1CCCc2c(C(=O)O)cccc21. The van der Waals surface area contributed by atoms with Crippen molar-refractivity contribution in [2.24, 2.45) is 0 Å². The highest BCUT2D eigenvalue weighted by Gasteiger charge is 2.27. The summed E-state index contributed by atoms with van der Waals surface area (Å²) in [6, 6.07) is 5.01. The fraction of sp³-hybridized carbons (Fsp3) is 0.500. The molecule has 5 heteroatoms. The molecule has 21 heavy (non-hydrogen) atoms. The Bertz CT molecular complexity index is 560. The first-order chi connectivity index (χ1) is 9.78. The summed E-state index contributed by atoms with van der Waals surface area (Å²) in [4.78, 5) is 23.2. The van der Waals surface area contributed by atoms with Gasteiger partial charge >= 0.3 is 12.1 Å². The first-order valence-electron chi connectivity index (χ1n) is 7.12. The molecule has 0 spiro atoms. The van der Waals surface area contributed by atoms with E-state index in [0.29, 0.717) is 5.56 Å². The zero-order valence-corrected chi connectivity index (χ0v) is 12.6. The second-order valence-electron chi connectivity index (χ2n) is 6.27. The third-order valence-electron chi connectivity index (χ3n) is 3.43. The first kappa shape index (κ1) is 15.4. The Balaban J connectivity index is 2.21. The minimum Gasteiger partial charge on any atom is -0.478 e. The normalized spacial score (nSPS) is 17.8. The summed E-state index contributed by atoms with van der Waals surface area (Å²) >= 11 is 0. The third kappa shape index (κ3) is 3.74. The van der Waals surface area contributed by atoms with Crippen molar-refractivity contribution in [3.8, 4) is 0 Å². The molecule has 0 saturated heterocycles. The van der Waals surface area contributed by atoms with Crippen LogP contribution in [-0.4, -0.2) is 22.8 Å². The lowest BCUT2D eigenvalue weighted by atomic mass is 9.85. The number of alkyl carbamates (subject to hydrolysis) is 1. The molecule has 0 radical (unpaired) electrons. The maximum atomic E-state index is 11.9. The Morgan fingerprint density at radius 2 is 2.05 bits per heavy atom. The van der Waals surface area contributed by atoms with Crippen LogP contribution in [0.25, 0.3) is 0 Å². The molecule has 2 rings (SSSR count). The molecule has 0 heterocycles. The molecule has 114 valence electrons. The summed E-state index contributed by atoms with van der Waals surface area (Å²) < 4.78 is 5.27. The van der Waals surface area contributed by atoms with Crippen LogP contribution >= 0.6 is 0 Å². The number of carboxylic acids is 1. The van der Waals surface area contributed by atoms with E-state index in [1.165, 1.54) is 0 Å². The highest BCUT2D eigenvalue weighted by atomic mass is 16.6. The lowest BCUT2D eigenvalue weighted by Crippen LogP contribution is -2.36. The van der Waals surface area contributed by atoms with Crippen molar-refractivity contribution in [3.63, 3.8) is 0 Å². The fourth-order valence-corrected chi connectivity index (χ4v) is 2.65. The van der Waals surface area contributed by atoms with Crippen molar-refractivity contribution in [1.82, 2.24) is 5.32 Å². The Labute approximate surface area is 124 Å². The van der Waals surface area contributed by atoms with Crippen LogP contribution in [0.1, 0.15) is 61.1 Å². The maximum Gasteiger partial charge on any atom is 0.408 e. The van der Waals surface area contributed by atoms with E-state index in [1.807, 2.05) is 26.8 Å². The Morgan fingerprint density at radius 3 is 2.67 bits per heavy atom. The number of aromatic carboxylic acids is 1. The van der Waals surface area contributed by atoms with Crippen LogP contribution in [0.4, 0.5) is 4.79 Å². The van der Waals surface area contributed by atoms with Crippen LogP contribution in [-0.2, 0) is 11.2 Å². The zero-order valence-electron chi connectivity index (χ0n) is 12.6. The van der Waals surface area contributed by atoms with Gasteiger partial charge in [0.25, 0.3) is 0 Å². The molecule has 1 aliphatic carbocycles. The van der Waals surface area contributed by atoms with Gasteiger partial charge in [-0.1, -0.05) is 12.1 Å². The number of carbonyl (C=O) groups is 2. The number of carboxylic acid groups (broad SMARTS) is 1. The molecule has 1 aromatic rings. The third-order valence-corrected chi connectivity index (χ3v) is 3.43. The molecule has 1 amide bonds. The smallest absolute Gasteiger partial charge is 0.408 e. The Hall–Kier alpha value is -2.04. The number of rotatable bonds is 2. The summed E-state index contributed by atoms with van der Waals surface area (Å²) in [5.41, 5.74) is 1.47. The van der Waals surface area contributed by atoms with Crippen molar-refractivity contribution in [3.05, 3.63) is 34.9 Å². The van der Waals surface area contributed by atoms with Gasteiger partial charge in [0, 0.05) is 0 Å². The molecular formula is C16H21NO4. The van der Waals surface area contributed by atoms with Crippen molar-refractivity contribution >= 4 is 12.1 Å². The first-order valence-corrected chi connectivity index (χ1v) is 7.12. The van der Waals surface area contributed by atoms with Crippen molar-refractivity contribution < 1.29 is 19.4 Å². The number of carbonyl (C=O) groups excluding carboxylic acids is 1. The van der Waals surface area contributed by atoms with E-state index in [-0.39, 0.29) is 6.04 Å². The summed E-state index contributed by atoms with van der Waals surface area (Å²) in [6.07, 6.45) is 1.89. The lowest BCUT2D eigenvalue weighted by Gasteiger charge is -2.28. The van der Waals surface area contributed by atoms with E-state index in [9.17, 15) is 14.7 Å². The molecule has 0 fully saturated rings. The standard InChI is InChI=1S/C16H21NO4/c1-16(2,3)21-15(20)17-13-9-5-6-10-11(13)7-4-8-12(10)14(18)19/h4,7-8,13H,5-6,9H2,1-3H3,(H,17,20)(H,18,19)/t13-/m1/s1. The molecule has 2 N–H and O–H groups in total. The van der Waals surface area contributed by atoms with Gasteiger partial charge in [0.05, 0.1) is 11.6 Å². The van der Waals surface area contributed by atoms with Gasteiger partial charge in [0.1, 0.15) is 5.60 Å². The number of ether oxygens (including phenoxy) is 1. The topological polar surface area (TPSA) is 75.6 Å². The van der Waals surface area contributed by atoms with Gasteiger partial charge in [-0.2, -0.15) is 0 Å². The summed E-state index contributed by atoms with van der Waals surface area (Å²) in [5, 5.41) is 12.1. The number of fused-ring (bicyclic) bond motifs is 1. The fourth-order valence-electron chi connectivity index (χ4n) is 2.65. The average Bonchev–Trinajstić information content (AvgIpc) is 2.36. The number of hydrogen-bond acceptors (Lipinski definition) is 3. The van der Waals surface area contributed by atoms with E-state index in [4.69, 9.17) is 4.74 Å². The minimum atomic E-state index is -0.926. The highest BCUT2D eigenvalue weighted by Crippen LogP contribution is 2.32. The molecule has 0 aliphatic heterocycles. The molecule has 0 aromatic heterocycles. The molecule has 0 bridgehead atoms.